The monoisotopic (exact) mass is 539 g/mol. The predicted molar refractivity (Wildman–Crippen MR) is 146 cm³/mol. The third-order valence-corrected chi connectivity index (χ3v) is 7.27. The fourth-order valence-electron chi connectivity index (χ4n) is 4.66. The number of likely N-dealkylation sites (tertiary alicyclic amines) is 1. The Morgan fingerprint density at radius 1 is 1.06 bits per heavy atom. The molecule has 9 heteroatoms. The van der Waals surface area contributed by atoms with Gasteiger partial charge < -0.3 is 14.9 Å². The number of rotatable bonds is 7. The molecule has 0 saturated carbocycles. The molecule has 5 rings (SSSR count). The van der Waals surface area contributed by atoms with Gasteiger partial charge in [0.15, 0.2) is 5.58 Å². The molecule has 4 aromatic rings. The highest BCUT2D eigenvalue weighted by molar-refractivity contribution is 7.09. The van der Waals surface area contributed by atoms with Crippen LogP contribution in [0, 0.1) is 12.7 Å². The van der Waals surface area contributed by atoms with Gasteiger partial charge in [-0.3, -0.25) is 0 Å². The van der Waals surface area contributed by atoms with Crippen molar-refractivity contribution in [2.45, 2.75) is 44.9 Å². The van der Waals surface area contributed by atoms with Crippen molar-refractivity contribution in [3.63, 3.8) is 0 Å². The summed E-state index contributed by atoms with van der Waals surface area (Å²) in [6.07, 6.45) is 5.69. The molecule has 0 spiro atoms. The van der Waals surface area contributed by atoms with Crippen molar-refractivity contribution in [1.29, 1.82) is 0 Å². The average molecular weight is 541 g/mol. The molecule has 1 aliphatic rings. The topological polar surface area (TPSA) is 73.7 Å². The van der Waals surface area contributed by atoms with Crippen LogP contribution in [-0.4, -0.2) is 40.2 Å². The van der Waals surface area contributed by atoms with Gasteiger partial charge in [-0.1, -0.05) is 29.4 Å². The quantitative estimate of drug-likeness (QED) is 0.247. The largest absolute Gasteiger partial charge is 0.412 e. The molecule has 2 aromatic heterocycles. The number of hydrogen-bond acceptors (Lipinski definition) is 5. The molecule has 190 valence electrons. The number of benzene rings is 2. The zero-order chi connectivity index (χ0) is 21.9. The minimum Gasteiger partial charge on any atom is -0.412 e. The van der Waals surface area contributed by atoms with Crippen LogP contribution in [0.1, 0.15) is 47.9 Å². The van der Waals surface area contributed by atoms with Crippen molar-refractivity contribution >= 4 is 47.1 Å². The Labute approximate surface area is 221 Å². The molecule has 5 nitrogen and oxygen atoms in total. The molecule has 1 aliphatic heterocycles. The first-order valence-electron chi connectivity index (χ1n) is 11.4. The van der Waals surface area contributed by atoms with Crippen LogP contribution in [0.2, 0.25) is 0 Å². The Bertz CT molecular complexity index is 1190. The maximum Gasteiger partial charge on any atom is 0.170 e. The van der Waals surface area contributed by atoms with Gasteiger partial charge in [0.25, 0.3) is 0 Å². The van der Waals surface area contributed by atoms with Gasteiger partial charge in [0.05, 0.1) is 16.4 Å². The zero-order valence-corrected chi connectivity index (χ0v) is 22.2. The van der Waals surface area contributed by atoms with E-state index in [4.69, 9.17) is 4.52 Å². The van der Waals surface area contributed by atoms with Crippen molar-refractivity contribution in [1.82, 2.24) is 15.0 Å². The van der Waals surface area contributed by atoms with Gasteiger partial charge in [0.1, 0.15) is 5.82 Å². The lowest BCUT2D eigenvalue weighted by Crippen LogP contribution is -2.33. The summed E-state index contributed by atoms with van der Waals surface area (Å²) in [5, 5.41) is 8.45. The maximum atomic E-state index is 13.4. The molecule has 1 fully saturated rings. The molecule has 0 unspecified atom stereocenters. The van der Waals surface area contributed by atoms with Gasteiger partial charge in [-0.25, -0.2) is 9.37 Å². The van der Waals surface area contributed by atoms with Crippen LogP contribution >= 0.6 is 36.2 Å². The number of nitrogens with zero attached hydrogens (tertiary/aromatic N) is 3. The summed E-state index contributed by atoms with van der Waals surface area (Å²) in [4.78, 5) is 7.13. The second-order valence-electron chi connectivity index (χ2n) is 8.73. The fraction of sp³-hybridized carbons (Fsp3) is 0.385. The minimum absolute atomic E-state index is 0. The lowest BCUT2D eigenvalue weighted by molar-refractivity contribution is 0.206. The van der Waals surface area contributed by atoms with E-state index in [1.54, 1.807) is 17.4 Å². The van der Waals surface area contributed by atoms with Gasteiger partial charge >= 0.3 is 0 Å². The first-order chi connectivity index (χ1) is 15.7. The number of unbranched alkanes of at least 4 members (excludes halogenated alkanes) is 1. The Morgan fingerprint density at radius 2 is 1.80 bits per heavy atom. The molecule has 2 aromatic carbocycles. The highest BCUT2D eigenvalue weighted by Gasteiger charge is 2.24. The molecule has 0 bridgehead atoms. The van der Waals surface area contributed by atoms with E-state index < -0.39 is 0 Å². The summed E-state index contributed by atoms with van der Waals surface area (Å²) in [7, 11) is 0. The van der Waals surface area contributed by atoms with E-state index in [1.807, 2.05) is 6.92 Å². The number of aryl methyl sites for hydroxylation is 2. The molecule has 1 saturated heterocycles. The molecular formula is C26H32Cl2FN3O2S. The summed E-state index contributed by atoms with van der Waals surface area (Å²) >= 11 is 1.70. The van der Waals surface area contributed by atoms with E-state index in [9.17, 15) is 4.39 Å². The van der Waals surface area contributed by atoms with Crippen LogP contribution in [0.4, 0.5) is 4.39 Å². The van der Waals surface area contributed by atoms with Crippen LogP contribution in [-0.2, 0) is 6.42 Å². The van der Waals surface area contributed by atoms with E-state index >= 15 is 0 Å². The van der Waals surface area contributed by atoms with Gasteiger partial charge in [-0.2, -0.15) is 0 Å². The average Bonchev–Trinajstić information content (AvgIpc) is 3.43. The van der Waals surface area contributed by atoms with Gasteiger partial charge in [0.2, 0.25) is 0 Å². The second-order valence-corrected chi connectivity index (χ2v) is 9.79. The Hall–Kier alpha value is -2.03. The number of fused-ring (bicyclic) bond motifs is 1. The van der Waals surface area contributed by atoms with E-state index in [0.29, 0.717) is 11.5 Å². The summed E-state index contributed by atoms with van der Waals surface area (Å²) < 4.78 is 18.7. The van der Waals surface area contributed by atoms with Crippen molar-refractivity contribution in [2.24, 2.45) is 0 Å². The van der Waals surface area contributed by atoms with Gasteiger partial charge in [0, 0.05) is 28.3 Å². The highest BCUT2D eigenvalue weighted by atomic mass is 35.5. The molecule has 3 heterocycles. The summed E-state index contributed by atoms with van der Waals surface area (Å²) in [6, 6.07) is 13.6. The summed E-state index contributed by atoms with van der Waals surface area (Å²) in [6.45, 7) is 5.36. The summed E-state index contributed by atoms with van der Waals surface area (Å²) in [5.74, 6) is 0.124. The number of halogens is 3. The molecule has 0 aliphatic carbocycles. The van der Waals surface area contributed by atoms with Gasteiger partial charge in [-0.05, 0) is 76.4 Å². The standard InChI is InChI=1S/C26H28FN3OS.2ClH.H2O/c1-18-28-24(17-32-18)20-7-5-19(6-8-20)4-2-3-13-30-14-11-21(12-15-30)26-23-10-9-22(27)16-25(23)31-29-26;;;/h5-10,16-17,21H,2-4,11-15H2,1H3;2*1H;1H2. The van der Waals surface area contributed by atoms with Crippen LogP contribution in [0.3, 0.4) is 0 Å². The second kappa shape index (κ2) is 13.3. The van der Waals surface area contributed by atoms with E-state index in [-0.39, 0.29) is 36.1 Å². The smallest absolute Gasteiger partial charge is 0.170 e. The lowest BCUT2D eigenvalue weighted by Gasteiger charge is -2.31. The van der Waals surface area contributed by atoms with E-state index in [0.717, 1.165) is 60.7 Å². The molecule has 0 amide bonds. The number of aromatic nitrogens is 2. The van der Waals surface area contributed by atoms with Crippen molar-refractivity contribution < 1.29 is 14.4 Å². The molecule has 0 radical (unpaired) electrons. The molecule has 0 atom stereocenters. The van der Waals surface area contributed by atoms with Crippen molar-refractivity contribution in [3.05, 3.63) is 69.9 Å². The first kappa shape index (κ1) is 29.2. The third-order valence-electron chi connectivity index (χ3n) is 6.49. The minimum atomic E-state index is -0.277. The highest BCUT2D eigenvalue weighted by Crippen LogP contribution is 2.33. The Balaban J connectivity index is 0.00000144. The maximum absolute atomic E-state index is 13.4. The normalized spacial score (nSPS) is 14.2. The van der Waals surface area contributed by atoms with E-state index in [1.165, 1.54) is 36.1 Å². The van der Waals surface area contributed by atoms with Crippen LogP contribution < -0.4 is 0 Å². The molecule has 35 heavy (non-hydrogen) atoms. The van der Waals surface area contributed by atoms with Gasteiger partial charge in [-0.15, -0.1) is 36.2 Å². The number of thiazole rings is 1. The SMILES string of the molecule is Cc1nc(-c2ccc(CCCCN3CCC(c4noc5cc(F)ccc45)CC3)cc2)cs1.Cl.Cl.O. The third kappa shape index (κ3) is 7.02. The van der Waals surface area contributed by atoms with Crippen LogP contribution in [0.25, 0.3) is 22.2 Å². The lowest BCUT2D eigenvalue weighted by atomic mass is 9.91. The summed E-state index contributed by atoms with van der Waals surface area (Å²) in [5.41, 5.74) is 5.22. The fourth-order valence-corrected chi connectivity index (χ4v) is 5.28. The van der Waals surface area contributed by atoms with Crippen molar-refractivity contribution in [3.8, 4) is 11.3 Å². The Kier molecular flexibility index (Phi) is 11.1. The number of hydrogen-bond donors (Lipinski definition) is 0. The van der Waals surface area contributed by atoms with E-state index in [2.05, 4.69) is 44.7 Å². The van der Waals surface area contributed by atoms with Crippen LogP contribution in [0.15, 0.2) is 52.4 Å². The Morgan fingerprint density at radius 3 is 2.49 bits per heavy atom. The molecule has 2 N–H and O–H groups in total. The first-order valence-corrected chi connectivity index (χ1v) is 12.3. The zero-order valence-electron chi connectivity index (χ0n) is 19.7. The van der Waals surface area contributed by atoms with Crippen molar-refractivity contribution in [2.75, 3.05) is 19.6 Å². The van der Waals surface area contributed by atoms with Crippen LogP contribution in [0.5, 0.6) is 0 Å². The number of piperidine rings is 1. The molecular weight excluding hydrogens is 508 g/mol. The predicted octanol–water partition coefficient (Wildman–Crippen LogP) is 6.62.